The van der Waals surface area contributed by atoms with Crippen molar-refractivity contribution < 1.29 is 14.3 Å². The third kappa shape index (κ3) is 4.43. The van der Waals surface area contributed by atoms with E-state index in [9.17, 15) is 14.7 Å². The highest BCUT2D eigenvalue weighted by molar-refractivity contribution is 6.38. The summed E-state index contributed by atoms with van der Waals surface area (Å²) in [6.45, 7) is 12.3. The number of rotatable bonds is 4. The van der Waals surface area contributed by atoms with Gasteiger partial charge in [0.1, 0.15) is 17.1 Å². The number of hydrogen-bond donors (Lipinski definition) is 2. The summed E-state index contributed by atoms with van der Waals surface area (Å²) < 4.78 is 18.5. The number of carbonyl (C=O) groups is 1. The molecule has 9 nitrogen and oxygen atoms in total. The zero-order valence-corrected chi connectivity index (χ0v) is 25.1. The molecule has 1 saturated heterocycles. The molecule has 2 aromatic heterocycles. The molecule has 222 valence electrons. The van der Waals surface area contributed by atoms with Crippen molar-refractivity contribution in [1.29, 1.82) is 0 Å². The Morgan fingerprint density at radius 2 is 2.00 bits per heavy atom. The van der Waals surface area contributed by atoms with Gasteiger partial charge < -0.3 is 20.2 Å². The average molecular weight is 603 g/mol. The van der Waals surface area contributed by atoms with Gasteiger partial charge in [-0.25, -0.2) is 9.18 Å². The van der Waals surface area contributed by atoms with Gasteiger partial charge in [0.25, 0.3) is 0 Å². The molecule has 0 saturated carbocycles. The van der Waals surface area contributed by atoms with Crippen LogP contribution in [0.25, 0.3) is 27.7 Å². The maximum atomic E-state index is 17.2. The topological polar surface area (TPSA) is 104 Å². The number of para-hydroxylation sites is 1. The maximum absolute atomic E-state index is 17.2. The monoisotopic (exact) mass is 602 g/mol. The van der Waals surface area contributed by atoms with Gasteiger partial charge in [-0.1, -0.05) is 50.2 Å². The normalized spacial score (nSPS) is 17.9. The lowest BCUT2D eigenvalue weighted by Crippen LogP contribution is -2.60. The minimum Gasteiger partial charge on any atom is -0.507 e. The van der Waals surface area contributed by atoms with E-state index in [1.54, 1.807) is 35.4 Å². The molecule has 2 N–H and O–H groups in total. The molecular formula is C32H32ClFN6O3. The zero-order valence-electron chi connectivity index (χ0n) is 24.4. The zero-order chi connectivity index (χ0) is 30.7. The van der Waals surface area contributed by atoms with Crippen molar-refractivity contribution in [3.63, 3.8) is 0 Å². The predicted molar refractivity (Wildman–Crippen MR) is 167 cm³/mol. The third-order valence-electron chi connectivity index (χ3n) is 8.38. The molecule has 0 aliphatic carbocycles. The van der Waals surface area contributed by atoms with Gasteiger partial charge in [-0.3, -0.25) is 14.3 Å². The number of amides is 1. The van der Waals surface area contributed by atoms with Crippen molar-refractivity contribution in [2.45, 2.75) is 45.7 Å². The highest BCUT2D eigenvalue weighted by Gasteiger charge is 2.39. The minimum absolute atomic E-state index is 0.0175. The number of pyridine rings is 1. The van der Waals surface area contributed by atoms with Crippen LogP contribution in [0.2, 0.25) is 5.02 Å². The van der Waals surface area contributed by atoms with E-state index in [1.165, 1.54) is 16.7 Å². The summed E-state index contributed by atoms with van der Waals surface area (Å²) in [5.74, 6) is -0.911. The van der Waals surface area contributed by atoms with Crippen molar-refractivity contribution in [3.05, 3.63) is 81.8 Å². The highest BCUT2D eigenvalue weighted by atomic mass is 35.5. The Hall–Kier alpha value is -4.44. The Morgan fingerprint density at radius 3 is 2.70 bits per heavy atom. The Bertz CT molecular complexity index is 1870. The fourth-order valence-corrected chi connectivity index (χ4v) is 6.65. The van der Waals surface area contributed by atoms with Crippen molar-refractivity contribution in [1.82, 2.24) is 19.4 Å². The molecule has 2 aromatic carbocycles. The summed E-state index contributed by atoms with van der Waals surface area (Å²) in [7, 11) is 0. The second-order valence-corrected chi connectivity index (χ2v) is 11.8. The van der Waals surface area contributed by atoms with E-state index >= 15 is 4.39 Å². The molecule has 43 heavy (non-hydrogen) atoms. The van der Waals surface area contributed by atoms with Crippen LogP contribution in [0.4, 0.5) is 15.9 Å². The number of anilines is 2. The Balaban J connectivity index is 1.75. The van der Waals surface area contributed by atoms with Crippen LogP contribution in [0.1, 0.15) is 37.9 Å². The predicted octanol–water partition coefficient (Wildman–Crippen LogP) is 5.39. The third-order valence-corrected chi connectivity index (χ3v) is 8.75. The number of fused-ring (bicyclic) bond motifs is 2. The van der Waals surface area contributed by atoms with Gasteiger partial charge in [0.2, 0.25) is 5.91 Å². The molecule has 2 aliphatic heterocycles. The number of benzene rings is 2. The number of phenols is 1. The molecule has 1 fully saturated rings. The quantitative estimate of drug-likeness (QED) is 0.302. The van der Waals surface area contributed by atoms with E-state index in [0.717, 1.165) is 5.56 Å². The molecule has 6 rings (SSSR count). The van der Waals surface area contributed by atoms with Crippen LogP contribution in [0.3, 0.4) is 0 Å². The molecular weight excluding hydrogens is 571 g/mol. The first kappa shape index (κ1) is 28.7. The molecule has 2 aliphatic rings. The summed E-state index contributed by atoms with van der Waals surface area (Å²) >= 11 is 7.02. The first-order valence-electron chi connectivity index (χ1n) is 14.2. The summed E-state index contributed by atoms with van der Waals surface area (Å²) in [6, 6.07) is 7.61. The molecule has 4 aromatic rings. The van der Waals surface area contributed by atoms with Gasteiger partial charge in [0, 0.05) is 43.0 Å². The first-order valence-corrected chi connectivity index (χ1v) is 14.6. The lowest BCUT2D eigenvalue weighted by Gasteiger charge is -2.45. The standard InChI is InChI=1S/C32H32ClFN6O3/c1-6-22(42)38-15-19-13-36-28-24-30(26(34)23(25(28)33)20-9-7-8-10-21(20)41)40(29-17(4)11-12-35-27(29)16(2)3)32(43)37-31(24)39(19)14-18(38)5/h6-12,16,18-19,36,41H,1,13-15H2,2-5H3. The number of halogens is 2. The molecule has 0 radical (unpaired) electrons. The van der Waals surface area contributed by atoms with E-state index in [0.29, 0.717) is 42.1 Å². The van der Waals surface area contributed by atoms with E-state index in [-0.39, 0.29) is 57.1 Å². The molecule has 2 unspecified atom stereocenters. The van der Waals surface area contributed by atoms with Crippen molar-refractivity contribution in [2.24, 2.45) is 0 Å². The van der Waals surface area contributed by atoms with E-state index < -0.39 is 11.5 Å². The van der Waals surface area contributed by atoms with E-state index in [2.05, 4.69) is 21.9 Å². The van der Waals surface area contributed by atoms with Crippen LogP contribution < -0.4 is 15.9 Å². The lowest BCUT2D eigenvalue weighted by molar-refractivity contribution is -0.128. The fraction of sp³-hybridized carbons (Fsp3) is 0.312. The van der Waals surface area contributed by atoms with Crippen LogP contribution in [0, 0.1) is 12.7 Å². The second-order valence-electron chi connectivity index (χ2n) is 11.4. The number of nitrogens with one attached hydrogen (secondary N) is 1. The van der Waals surface area contributed by atoms with Crippen LogP contribution in [0.15, 0.2) is 54.0 Å². The Labute approximate surface area is 253 Å². The number of aromatic hydroxyl groups is 1. The van der Waals surface area contributed by atoms with Gasteiger partial charge in [-0.15, -0.1) is 0 Å². The van der Waals surface area contributed by atoms with Crippen molar-refractivity contribution in [3.8, 4) is 22.6 Å². The number of carbonyl (C=O) groups excluding carboxylic acids is 1. The fourth-order valence-electron chi connectivity index (χ4n) is 6.30. The first-order chi connectivity index (χ1) is 20.5. The van der Waals surface area contributed by atoms with Gasteiger partial charge in [0.15, 0.2) is 5.82 Å². The minimum atomic E-state index is -0.766. The largest absolute Gasteiger partial charge is 0.507 e. The summed E-state index contributed by atoms with van der Waals surface area (Å²) in [4.78, 5) is 39.7. The highest BCUT2D eigenvalue weighted by Crippen LogP contribution is 2.48. The number of phenolic OH excluding ortho intramolecular Hbond substituents is 1. The van der Waals surface area contributed by atoms with Gasteiger partial charge in [-0.05, 0) is 43.5 Å². The summed E-state index contributed by atoms with van der Waals surface area (Å²) in [6.07, 6.45) is 2.96. The lowest BCUT2D eigenvalue weighted by atomic mass is 9.98. The van der Waals surface area contributed by atoms with Crippen LogP contribution in [-0.2, 0) is 4.79 Å². The second kappa shape index (κ2) is 10.7. The molecule has 11 heteroatoms. The number of nitrogens with zero attached hydrogens (tertiary/aromatic N) is 5. The van der Waals surface area contributed by atoms with E-state index in [4.69, 9.17) is 11.6 Å². The van der Waals surface area contributed by atoms with Crippen LogP contribution in [-0.4, -0.2) is 62.2 Å². The number of piperazine rings is 1. The summed E-state index contributed by atoms with van der Waals surface area (Å²) in [5.41, 5.74) is 1.64. The van der Waals surface area contributed by atoms with Crippen molar-refractivity contribution in [2.75, 3.05) is 29.9 Å². The molecule has 1 amide bonds. The van der Waals surface area contributed by atoms with Gasteiger partial charge >= 0.3 is 5.69 Å². The Kier molecular flexibility index (Phi) is 7.12. The van der Waals surface area contributed by atoms with Gasteiger partial charge in [-0.2, -0.15) is 4.98 Å². The SMILES string of the molecule is C=CC(=O)N1CC2CNc3c(Cl)c(-c4ccccc4O)c(F)c4c3c(nc(=O)n4-c3c(C)ccnc3C(C)C)N2CC1C. The van der Waals surface area contributed by atoms with Gasteiger partial charge in [0.05, 0.1) is 33.5 Å². The molecule has 2 atom stereocenters. The molecule has 4 heterocycles. The smallest absolute Gasteiger partial charge is 0.354 e. The van der Waals surface area contributed by atoms with Crippen LogP contribution >= 0.6 is 11.6 Å². The molecule has 0 bridgehead atoms. The Morgan fingerprint density at radius 1 is 1.26 bits per heavy atom. The van der Waals surface area contributed by atoms with Crippen molar-refractivity contribution >= 4 is 39.9 Å². The van der Waals surface area contributed by atoms with Crippen LogP contribution in [0.5, 0.6) is 5.75 Å². The summed E-state index contributed by atoms with van der Waals surface area (Å²) in [5, 5.41) is 14.6. The number of aromatic nitrogens is 3. The average Bonchev–Trinajstić information content (AvgIpc) is 3.12. The maximum Gasteiger partial charge on any atom is 0.354 e. The number of aryl methyl sites for hydroxylation is 1. The van der Waals surface area contributed by atoms with E-state index in [1.807, 2.05) is 32.6 Å². The molecule has 0 spiro atoms. The number of hydrogen-bond acceptors (Lipinski definition) is 7.